The Kier molecular flexibility index (Phi) is 6.71. The van der Waals surface area contributed by atoms with Gasteiger partial charge in [0.05, 0.1) is 23.3 Å². The average Bonchev–Trinajstić information content (AvgIpc) is 3.00. The van der Waals surface area contributed by atoms with Crippen molar-refractivity contribution >= 4 is 51.9 Å². The first-order valence-corrected chi connectivity index (χ1v) is 10.2. The number of methoxy groups -OCH3 is 1. The highest BCUT2D eigenvalue weighted by Gasteiger charge is 2.39. The van der Waals surface area contributed by atoms with E-state index >= 15 is 0 Å². The number of thiocarbonyl (C=S) groups is 1. The fourth-order valence-electron chi connectivity index (χ4n) is 2.93. The van der Waals surface area contributed by atoms with Crippen molar-refractivity contribution in [2.75, 3.05) is 12.4 Å². The van der Waals surface area contributed by atoms with Crippen LogP contribution >= 0.6 is 24.0 Å². The number of alkyl halides is 3. The van der Waals surface area contributed by atoms with Crippen LogP contribution in [0.4, 0.5) is 18.9 Å². The number of hydrogen-bond acceptors (Lipinski definition) is 5. The van der Waals surface area contributed by atoms with Crippen molar-refractivity contribution in [3.63, 3.8) is 0 Å². The Bertz CT molecular complexity index is 1070. The van der Waals surface area contributed by atoms with E-state index in [1.807, 2.05) is 0 Å². The van der Waals surface area contributed by atoms with Gasteiger partial charge in [0, 0.05) is 5.56 Å². The second-order valence-electron chi connectivity index (χ2n) is 6.50. The lowest BCUT2D eigenvalue weighted by Crippen LogP contribution is -2.44. The summed E-state index contributed by atoms with van der Waals surface area (Å²) in [5, 5.41) is 2.26. The molecule has 0 saturated carbocycles. The number of benzene rings is 2. The molecule has 1 fully saturated rings. The van der Waals surface area contributed by atoms with Crippen molar-refractivity contribution in [1.82, 2.24) is 4.90 Å². The maximum Gasteiger partial charge on any atom is 0.418 e. The number of halogens is 3. The molecule has 0 aromatic heterocycles. The zero-order chi connectivity index (χ0) is 22.8. The Labute approximate surface area is 186 Å². The molecule has 1 N–H and O–H groups in total. The van der Waals surface area contributed by atoms with E-state index in [4.69, 9.17) is 17.0 Å². The Morgan fingerprint density at radius 1 is 1.19 bits per heavy atom. The average molecular weight is 467 g/mol. The van der Waals surface area contributed by atoms with Crippen LogP contribution in [0.25, 0.3) is 6.08 Å². The van der Waals surface area contributed by atoms with E-state index in [9.17, 15) is 22.8 Å². The van der Waals surface area contributed by atoms with Gasteiger partial charge in [-0.25, -0.2) is 0 Å². The van der Waals surface area contributed by atoms with Gasteiger partial charge in [0.25, 0.3) is 5.91 Å². The topological polar surface area (TPSA) is 58.6 Å². The smallest absolute Gasteiger partial charge is 0.418 e. The zero-order valence-electron chi connectivity index (χ0n) is 16.4. The van der Waals surface area contributed by atoms with Gasteiger partial charge in [0.15, 0.2) is 0 Å². The Balaban J connectivity index is 1.82. The second kappa shape index (κ2) is 9.11. The maximum atomic E-state index is 13.2. The number of amides is 2. The predicted molar refractivity (Wildman–Crippen MR) is 118 cm³/mol. The molecule has 31 heavy (non-hydrogen) atoms. The fourth-order valence-corrected chi connectivity index (χ4v) is 4.34. The van der Waals surface area contributed by atoms with Crippen LogP contribution in [0.15, 0.2) is 53.4 Å². The molecule has 1 atom stereocenters. The van der Waals surface area contributed by atoms with Gasteiger partial charge in [-0.2, -0.15) is 13.2 Å². The van der Waals surface area contributed by atoms with Crippen LogP contribution in [-0.4, -0.2) is 34.2 Å². The molecular weight excluding hydrogens is 449 g/mol. The van der Waals surface area contributed by atoms with E-state index in [2.05, 4.69) is 5.32 Å². The summed E-state index contributed by atoms with van der Waals surface area (Å²) in [5.74, 6) is -0.735. The number of carbonyl (C=O) groups excluding carboxylic acids is 2. The molecule has 1 aliphatic rings. The van der Waals surface area contributed by atoms with Gasteiger partial charge in [-0.1, -0.05) is 54.3 Å². The molecular formula is C21H17F3N2O3S2. The van der Waals surface area contributed by atoms with Crippen LogP contribution in [0, 0.1) is 0 Å². The number of nitrogens with zero attached hydrogens (tertiary/aromatic N) is 1. The molecule has 0 radical (unpaired) electrons. The van der Waals surface area contributed by atoms with E-state index in [1.165, 1.54) is 26.2 Å². The van der Waals surface area contributed by atoms with Crippen LogP contribution in [0.5, 0.6) is 5.75 Å². The first-order chi connectivity index (χ1) is 14.6. The fraction of sp³-hybridized carbons (Fsp3) is 0.190. The summed E-state index contributed by atoms with van der Waals surface area (Å²) in [7, 11) is 1.50. The molecule has 1 heterocycles. The first kappa shape index (κ1) is 22.8. The minimum Gasteiger partial charge on any atom is -0.496 e. The van der Waals surface area contributed by atoms with E-state index in [0.717, 1.165) is 28.8 Å². The molecule has 0 spiro atoms. The molecule has 2 aromatic rings. The van der Waals surface area contributed by atoms with Crippen molar-refractivity contribution in [3.05, 3.63) is 64.6 Å². The van der Waals surface area contributed by atoms with Gasteiger partial charge >= 0.3 is 6.18 Å². The third-order valence-corrected chi connectivity index (χ3v) is 5.84. The highest BCUT2D eigenvalue weighted by atomic mass is 32.2. The Morgan fingerprint density at radius 3 is 2.52 bits per heavy atom. The van der Waals surface area contributed by atoms with Gasteiger partial charge in [-0.3, -0.25) is 14.5 Å². The molecule has 10 heteroatoms. The predicted octanol–water partition coefficient (Wildman–Crippen LogP) is 4.94. The number of anilines is 1. The van der Waals surface area contributed by atoms with Crippen molar-refractivity contribution in [2.45, 2.75) is 19.1 Å². The number of para-hydroxylation sites is 2. The van der Waals surface area contributed by atoms with E-state index < -0.39 is 29.6 Å². The standard InChI is InChI=1S/C21H17F3N2O3S2/c1-12(18(27)25-15-9-5-4-8-14(15)21(22,23)24)26-19(28)17(31-20(26)30)11-13-7-3-6-10-16(13)29-2/h3-12H,1-2H3,(H,25,27)/b17-11-. The third-order valence-electron chi connectivity index (χ3n) is 4.51. The molecule has 2 aromatic carbocycles. The Morgan fingerprint density at radius 2 is 1.84 bits per heavy atom. The number of rotatable bonds is 5. The molecule has 1 saturated heterocycles. The lowest BCUT2D eigenvalue weighted by Gasteiger charge is -2.23. The molecule has 2 amide bonds. The van der Waals surface area contributed by atoms with E-state index in [0.29, 0.717) is 11.3 Å². The first-order valence-electron chi connectivity index (χ1n) is 9.00. The lowest BCUT2D eigenvalue weighted by atomic mass is 10.1. The molecule has 1 unspecified atom stereocenters. The van der Waals surface area contributed by atoms with Crippen LogP contribution in [-0.2, 0) is 15.8 Å². The highest BCUT2D eigenvalue weighted by molar-refractivity contribution is 8.26. The molecule has 1 aliphatic heterocycles. The minimum atomic E-state index is -4.63. The number of hydrogen-bond donors (Lipinski definition) is 1. The van der Waals surface area contributed by atoms with Crippen LogP contribution in [0.2, 0.25) is 0 Å². The lowest BCUT2D eigenvalue weighted by molar-refractivity contribution is -0.137. The number of nitrogens with one attached hydrogen (secondary N) is 1. The van der Waals surface area contributed by atoms with Gasteiger partial charge in [-0.15, -0.1) is 0 Å². The Hall–Kier alpha value is -2.85. The van der Waals surface area contributed by atoms with E-state index in [-0.39, 0.29) is 14.9 Å². The quantitative estimate of drug-likeness (QED) is 0.500. The molecule has 0 aliphatic carbocycles. The number of ether oxygens (including phenoxy) is 1. The SMILES string of the molecule is COc1ccccc1/C=C1\SC(=S)N(C(C)C(=O)Nc2ccccc2C(F)(F)F)C1=O. The zero-order valence-corrected chi connectivity index (χ0v) is 18.0. The minimum absolute atomic E-state index is 0.137. The summed E-state index contributed by atoms with van der Waals surface area (Å²) in [6, 6.07) is 10.6. The van der Waals surface area contributed by atoms with Crippen molar-refractivity contribution < 1.29 is 27.5 Å². The van der Waals surface area contributed by atoms with Gasteiger partial charge < -0.3 is 10.1 Å². The van der Waals surface area contributed by atoms with Crippen LogP contribution in [0.3, 0.4) is 0 Å². The van der Waals surface area contributed by atoms with Crippen molar-refractivity contribution in [2.24, 2.45) is 0 Å². The third kappa shape index (κ3) is 4.91. The summed E-state index contributed by atoms with van der Waals surface area (Å²) >= 11 is 6.26. The van der Waals surface area contributed by atoms with Crippen LogP contribution < -0.4 is 10.1 Å². The largest absolute Gasteiger partial charge is 0.496 e. The summed E-state index contributed by atoms with van der Waals surface area (Å²) in [6.07, 6.45) is -3.03. The molecule has 0 bridgehead atoms. The van der Waals surface area contributed by atoms with Gasteiger partial charge in [0.2, 0.25) is 5.91 Å². The van der Waals surface area contributed by atoms with Gasteiger partial charge in [0.1, 0.15) is 16.1 Å². The van der Waals surface area contributed by atoms with Gasteiger partial charge in [-0.05, 0) is 31.2 Å². The number of thioether (sulfide) groups is 1. The monoisotopic (exact) mass is 466 g/mol. The molecule has 3 rings (SSSR count). The summed E-state index contributed by atoms with van der Waals surface area (Å²) in [4.78, 5) is 26.9. The van der Waals surface area contributed by atoms with Crippen molar-refractivity contribution in [3.8, 4) is 5.75 Å². The maximum absolute atomic E-state index is 13.2. The summed E-state index contributed by atoms with van der Waals surface area (Å²) in [6.45, 7) is 1.41. The van der Waals surface area contributed by atoms with Crippen molar-refractivity contribution in [1.29, 1.82) is 0 Å². The van der Waals surface area contributed by atoms with E-state index in [1.54, 1.807) is 30.3 Å². The molecule has 162 valence electrons. The second-order valence-corrected chi connectivity index (χ2v) is 8.18. The summed E-state index contributed by atoms with van der Waals surface area (Å²) < 4.78 is 45.0. The normalized spacial score (nSPS) is 16.5. The molecule has 5 nitrogen and oxygen atoms in total. The summed E-state index contributed by atoms with van der Waals surface area (Å²) in [5.41, 5.74) is -0.708. The highest BCUT2D eigenvalue weighted by Crippen LogP contribution is 2.37. The van der Waals surface area contributed by atoms with Crippen LogP contribution in [0.1, 0.15) is 18.1 Å². The number of carbonyl (C=O) groups is 2.